The third-order valence-electron chi connectivity index (χ3n) is 2.43. The third kappa shape index (κ3) is 2.04. The zero-order valence-corrected chi connectivity index (χ0v) is 9.08. The van der Waals surface area contributed by atoms with Gasteiger partial charge in [0.2, 0.25) is 5.91 Å². The van der Waals surface area contributed by atoms with Crippen molar-refractivity contribution in [1.29, 1.82) is 0 Å². The summed E-state index contributed by atoms with van der Waals surface area (Å²) in [7, 11) is 0. The highest BCUT2D eigenvalue weighted by atomic mass is 16.1. The van der Waals surface area contributed by atoms with Crippen molar-refractivity contribution in [2.45, 2.75) is 13.3 Å². The second kappa shape index (κ2) is 4.32. The molecule has 0 spiro atoms. The lowest BCUT2D eigenvalue weighted by atomic mass is 10.1. The van der Waals surface area contributed by atoms with E-state index in [0.29, 0.717) is 13.0 Å². The van der Waals surface area contributed by atoms with Crippen molar-refractivity contribution in [3.63, 3.8) is 0 Å². The number of H-pyrrole nitrogens is 1. The van der Waals surface area contributed by atoms with Gasteiger partial charge in [0, 0.05) is 24.0 Å². The number of carbonyl (C=O) groups is 1. The molecular weight excluding hydrogens is 204 g/mol. The maximum atomic E-state index is 11.4. The maximum Gasteiger partial charge on any atom is 0.225 e. The molecule has 0 saturated carbocycles. The van der Waals surface area contributed by atoms with E-state index in [0.717, 1.165) is 22.2 Å². The molecule has 5 nitrogen and oxygen atoms in total. The van der Waals surface area contributed by atoms with E-state index in [1.807, 2.05) is 19.1 Å². The van der Waals surface area contributed by atoms with Crippen LogP contribution in [-0.4, -0.2) is 22.6 Å². The second-order valence-corrected chi connectivity index (χ2v) is 3.71. The number of hydrogen-bond acceptors (Lipinski definition) is 3. The van der Waals surface area contributed by atoms with Crippen molar-refractivity contribution >= 4 is 22.5 Å². The van der Waals surface area contributed by atoms with E-state index in [2.05, 4.69) is 15.5 Å². The van der Waals surface area contributed by atoms with Crippen LogP contribution < -0.4 is 11.1 Å². The molecule has 2 rings (SSSR count). The molecule has 0 bridgehead atoms. The van der Waals surface area contributed by atoms with Gasteiger partial charge in [0.05, 0.1) is 11.7 Å². The van der Waals surface area contributed by atoms with Crippen LogP contribution in [0.3, 0.4) is 0 Å². The number of hydrogen-bond donors (Lipinski definition) is 3. The second-order valence-electron chi connectivity index (χ2n) is 3.71. The highest BCUT2D eigenvalue weighted by Crippen LogP contribution is 2.21. The number of anilines is 1. The number of nitrogens with one attached hydrogen (secondary N) is 2. The van der Waals surface area contributed by atoms with Crippen LogP contribution in [0.15, 0.2) is 18.3 Å². The van der Waals surface area contributed by atoms with Crippen molar-refractivity contribution in [3.8, 4) is 0 Å². The van der Waals surface area contributed by atoms with Gasteiger partial charge in [-0.05, 0) is 24.6 Å². The summed E-state index contributed by atoms with van der Waals surface area (Å²) < 4.78 is 0. The van der Waals surface area contributed by atoms with Crippen molar-refractivity contribution in [2.75, 3.05) is 11.9 Å². The average Bonchev–Trinajstić information content (AvgIpc) is 2.65. The number of benzene rings is 1. The molecule has 0 unspecified atom stereocenters. The molecule has 1 aromatic heterocycles. The minimum atomic E-state index is -0.0653. The molecule has 5 heteroatoms. The standard InChI is InChI=1S/C11H14N4O/c1-7-4-8-6-13-15-10(8)5-9(7)14-11(16)2-3-12/h4-6H,2-3,12H2,1H3,(H,13,15)(H,14,16). The number of aromatic nitrogens is 2. The first-order valence-electron chi connectivity index (χ1n) is 5.14. The van der Waals surface area contributed by atoms with Crippen LogP contribution in [0.1, 0.15) is 12.0 Å². The van der Waals surface area contributed by atoms with Gasteiger partial charge in [-0.25, -0.2) is 0 Å². The molecule has 0 aliphatic carbocycles. The Hall–Kier alpha value is -1.88. The largest absolute Gasteiger partial charge is 0.330 e. The Kier molecular flexibility index (Phi) is 2.87. The van der Waals surface area contributed by atoms with Crippen molar-refractivity contribution in [1.82, 2.24) is 10.2 Å². The quantitative estimate of drug-likeness (QED) is 0.722. The van der Waals surface area contributed by atoms with Crippen molar-refractivity contribution < 1.29 is 4.79 Å². The SMILES string of the molecule is Cc1cc2cn[nH]c2cc1NC(=O)CCN. The summed E-state index contributed by atoms with van der Waals surface area (Å²) in [6, 6.07) is 3.86. The normalized spacial score (nSPS) is 10.6. The molecule has 0 fully saturated rings. The fraction of sp³-hybridized carbons (Fsp3) is 0.273. The number of fused-ring (bicyclic) bond motifs is 1. The number of aryl methyl sites for hydroxylation is 1. The first kappa shape index (κ1) is 10.6. The van der Waals surface area contributed by atoms with Gasteiger partial charge in [-0.1, -0.05) is 0 Å². The number of rotatable bonds is 3. The van der Waals surface area contributed by atoms with E-state index in [-0.39, 0.29) is 5.91 Å². The fourth-order valence-corrected chi connectivity index (χ4v) is 1.58. The Labute approximate surface area is 93.0 Å². The number of carbonyl (C=O) groups excluding carboxylic acids is 1. The predicted molar refractivity (Wildman–Crippen MR) is 63.1 cm³/mol. The van der Waals surface area contributed by atoms with E-state index in [1.165, 1.54) is 0 Å². The van der Waals surface area contributed by atoms with Crippen LogP contribution in [0.5, 0.6) is 0 Å². The lowest BCUT2D eigenvalue weighted by molar-refractivity contribution is -0.116. The van der Waals surface area contributed by atoms with Gasteiger partial charge in [-0.15, -0.1) is 0 Å². The first-order valence-corrected chi connectivity index (χ1v) is 5.14. The van der Waals surface area contributed by atoms with E-state index in [4.69, 9.17) is 5.73 Å². The van der Waals surface area contributed by atoms with Crippen LogP contribution in [0, 0.1) is 6.92 Å². The molecule has 0 aliphatic heterocycles. The first-order chi connectivity index (χ1) is 7.70. The summed E-state index contributed by atoms with van der Waals surface area (Å²) in [4.78, 5) is 11.4. The van der Waals surface area contributed by atoms with Crippen LogP contribution in [0.2, 0.25) is 0 Å². The third-order valence-corrected chi connectivity index (χ3v) is 2.43. The summed E-state index contributed by atoms with van der Waals surface area (Å²) >= 11 is 0. The Morgan fingerprint density at radius 3 is 3.12 bits per heavy atom. The Morgan fingerprint density at radius 2 is 2.38 bits per heavy atom. The van der Waals surface area contributed by atoms with Crippen molar-refractivity contribution in [3.05, 3.63) is 23.9 Å². The molecule has 1 heterocycles. The summed E-state index contributed by atoms with van der Waals surface area (Å²) in [6.45, 7) is 2.31. The Balaban J connectivity index is 2.29. The van der Waals surface area contributed by atoms with E-state index >= 15 is 0 Å². The molecule has 0 aliphatic rings. The van der Waals surface area contributed by atoms with Gasteiger partial charge in [-0.2, -0.15) is 5.10 Å². The van der Waals surface area contributed by atoms with Gasteiger partial charge < -0.3 is 11.1 Å². The topological polar surface area (TPSA) is 83.8 Å². The molecule has 84 valence electrons. The van der Waals surface area contributed by atoms with Gasteiger partial charge in [0.15, 0.2) is 0 Å². The highest BCUT2D eigenvalue weighted by molar-refractivity contribution is 5.94. The van der Waals surface area contributed by atoms with Crippen LogP contribution >= 0.6 is 0 Å². The lowest BCUT2D eigenvalue weighted by Crippen LogP contribution is -2.16. The minimum absolute atomic E-state index is 0.0653. The molecule has 1 amide bonds. The molecule has 0 atom stereocenters. The summed E-state index contributed by atoms with van der Waals surface area (Å²) in [5, 5.41) is 10.7. The molecule has 4 N–H and O–H groups in total. The molecular formula is C11H14N4O. The zero-order chi connectivity index (χ0) is 11.5. The maximum absolute atomic E-state index is 11.4. The average molecular weight is 218 g/mol. The summed E-state index contributed by atoms with van der Waals surface area (Å²) in [5.74, 6) is -0.0653. The smallest absolute Gasteiger partial charge is 0.225 e. The van der Waals surface area contributed by atoms with Crippen LogP contribution in [0.4, 0.5) is 5.69 Å². The van der Waals surface area contributed by atoms with E-state index < -0.39 is 0 Å². The Bertz CT molecular complexity index is 518. The van der Waals surface area contributed by atoms with Crippen molar-refractivity contribution in [2.24, 2.45) is 5.73 Å². The number of aromatic amines is 1. The van der Waals surface area contributed by atoms with E-state index in [1.54, 1.807) is 6.20 Å². The molecule has 2 aromatic rings. The number of nitrogens with two attached hydrogens (primary N) is 1. The van der Waals surface area contributed by atoms with Crippen LogP contribution in [0.25, 0.3) is 10.9 Å². The predicted octanol–water partition coefficient (Wildman–Crippen LogP) is 1.16. The summed E-state index contributed by atoms with van der Waals surface area (Å²) in [5.41, 5.74) is 8.04. The van der Waals surface area contributed by atoms with Crippen LogP contribution in [-0.2, 0) is 4.79 Å². The minimum Gasteiger partial charge on any atom is -0.330 e. The highest BCUT2D eigenvalue weighted by Gasteiger charge is 2.06. The van der Waals surface area contributed by atoms with Gasteiger partial charge >= 0.3 is 0 Å². The number of amides is 1. The molecule has 1 aromatic carbocycles. The zero-order valence-electron chi connectivity index (χ0n) is 9.08. The summed E-state index contributed by atoms with van der Waals surface area (Å²) in [6.07, 6.45) is 2.09. The fourth-order valence-electron chi connectivity index (χ4n) is 1.58. The molecule has 0 saturated heterocycles. The molecule has 16 heavy (non-hydrogen) atoms. The van der Waals surface area contributed by atoms with Gasteiger partial charge in [0.1, 0.15) is 0 Å². The van der Waals surface area contributed by atoms with Gasteiger partial charge in [0.25, 0.3) is 0 Å². The Morgan fingerprint density at radius 1 is 1.56 bits per heavy atom. The number of nitrogens with zero attached hydrogens (tertiary/aromatic N) is 1. The monoisotopic (exact) mass is 218 g/mol. The molecule has 0 radical (unpaired) electrons. The van der Waals surface area contributed by atoms with E-state index in [9.17, 15) is 4.79 Å². The van der Waals surface area contributed by atoms with Gasteiger partial charge in [-0.3, -0.25) is 9.89 Å². The lowest BCUT2D eigenvalue weighted by Gasteiger charge is -2.07.